The predicted octanol–water partition coefficient (Wildman–Crippen LogP) is 2.15. The SMILES string of the molecule is Cc1nc(CC(O)(CN)c2ccccc2)sc1C. The Morgan fingerprint density at radius 1 is 1.28 bits per heavy atom. The number of nitrogens with zero attached hydrogens (tertiary/aromatic N) is 1. The monoisotopic (exact) mass is 262 g/mol. The van der Waals surface area contributed by atoms with Gasteiger partial charge in [-0.25, -0.2) is 4.98 Å². The van der Waals surface area contributed by atoms with E-state index in [0.717, 1.165) is 16.3 Å². The Morgan fingerprint density at radius 3 is 2.44 bits per heavy atom. The van der Waals surface area contributed by atoms with E-state index in [9.17, 15) is 5.11 Å². The van der Waals surface area contributed by atoms with E-state index in [4.69, 9.17) is 5.73 Å². The maximum absolute atomic E-state index is 10.7. The average Bonchev–Trinajstić information content (AvgIpc) is 2.69. The third-order valence-electron chi connectivity index (χ3n) is 3.17. The van der Waals surface area contributed by atoms with Gasteiger partial charge in [-0.3, -0.25) is 0 Å². The molecular weight excluding hydrogens is 244 g/mol. The lowest BCUT2D eigenvalue weighted by atomic mass is 9.91. The van der Waals surface area contributed by atoms with Gasteiger partial charge in [0.25, 0.3) is 0 Å². The van der Waals surface area contributed by atoms with Gasteiger partial charge in [0.2, 0.25) is 0 Å². The van der Waals surface area contributed by atoms with Crippen LogP contribution in [0.15, 0.2) is 30.3 Å². The smallest absolute Gasteiger partial charge is 0.108 e. The molecule has 0 fully saturated rings. The zero-order valence-electron chi connectivity index (χ0n) is 10.7. The molecule has 3 N–H and O–H groups in total. The third-order valence-corrected chi connectivity index (χ3v) is 4.24. The summed E-state index contributed by atoms with van der Waals surface area (Å²) in [6.07, 6.45) is 0.465. The van der Waals surface area contributed by atoms with E-state index in [-0.39, 0.29) is 6.54 Å². The molecule has 1 atom stereocenters. The summed E-state index contributed by atoms with van der Waals surface area (Å²) in [7, 11) is 0. The largest absolute Gasteiger partial charge is 0.383 e. The Labute approximate surface area is 111 Å². The number of hydrogen-bond acceptors (Lipinski definition) is 4. The molecule has 0 bridgehead atoms. The summed E-state index contributed by atoms with van der Waals surface area (Å²) in [5, 5.41) is 11.6. The van der Waals surface area contributed by atoms with Crippen LogP contribution in [0.25, 0.3) is 0 Å². The minimum atomic E-state index is -1.03. The van der Waals surface area contributed by atoms with Gasteiger partial charge in [0.05, 0.1) is 10.7 Å². The highest BCUT2D eigenvalue weighted by atomic mass is 32.1. The second-order valence-electron chi connectivity index (χ2n) is 4.53. The van der Waals surface area contributed by atoms with E-state index in [0.29, 0.717) is 6.42 Å². The van der Waals surface area contributed by atoms with Crippen molar-refractivity contribution in [3.05, 3.63) is 51.5 Å². The van der Waals surface area contributed by atoms with Gasteiger partial charge in [-0.05, 0) is 19.4 Å². The first-order valence-corrected chi connectivity index (χ1v) is 6.78. The first-order valence-electron chi connectivity index (χ1n) is 5.96. The van der Waals surface area contributed by atoms with Gasteiger partial charge in [0, 0.05) is 17.8 Å². The van der Waals surface area contributed by atoms with Crippen molar-refractivity contribution in [2.24, 2.45) is 5.73 Å². The van der Waals surface area contributed by atoms with E-state index in [1.165, 1.54) is 4.88 Å². The zero-order valence-corrected chi connectivity index (χ0v) is 11.5. The number of aromatic nitrogens is 1. The van der Waals surface area contributed by atoms with Crippen molar-refractivity contribution in [1.82, 2.24) is 4.98 Å². The minimum absolute atomic E-state index is 0.189. The number of nitrogens with two attached hydrogens (primary N) is 1. The molecule has 1 aromatic heterocycles. The first kappa shape index (κ1) is 13.2. The van der Waals surface area contributed by atoms with Gasteiger partial charge >= 0.3 is 0 Å². The fraction of sp³-hybridized carbons (Fsp3) is 0.357. The molecule has 1 aromatic carbocycles. The molecule has 0 saturated heterocycles. The average molecular weight is 262 g/mol. The molecule has 1 heterocycles. The van der Waals surface area contributed by atoms with Gasteiger partial charge in [-0.2, -0.15) is 0 Å². The summed E-state index contributed by atoms with van der Waals surface area (Å²) in [5.74, 6) is 0. The van der Waals surface area contributed by atoms with Crippen LogP contribution in [0.3, 0.4) is 0 Å². The molecule has 2 rings (SSSR count). The van der Waals surface area contributed by atoms with Gasteiger partial charge in [0.1, 0.15) is 5.60 Å². The maximum Gasteiger partial charge on any atom is 0.108 e. The van der Waals surface area contributed by atoms with E-state index in [1.54, 1.807) is 11.3 Å². The van der Waals surface area contributed by atoms with Crippen LogP contribution >= 0.6 is 11.3 Å². The molecule has 2 aromatic rings. The van der Waals surface area contributed by atoms with E-state index in [1.807, 2.05) is 44.2 Å². The van der Waals surface area contributed by atoms with Crippen molar-refractivity contribution >= 4 is 11.3 Å². The van der Waals surface area contributed by atoms with E-state index >= 15 is 0 Å². The van der Waals surface area contributed by atoms with Crippen LogP contribution in [0, 0.1) is 13.8 Å². The highest BCUT2D eigenvalue weighted by Crippen LogP contribution is 2.27. The minimum Gasteiger partial charge on any atom is -0.383 e. The second-order valence-corrected chi connectivity index (χ2v) is 5.82. The lowest BCUT2D eigenvalue weighted by molar-refractivity contribution is 0.0462. The zero-order chi connectivity index (χ0) is 13.2. The normalized spacial score (nSPS) is 14.4. The Bertz CT molecular complexity index is 504. The lowest BCUT2D eigenvalue weighted by Crippen LogP contribution is -2.37. The fourth-order valence-electron chi connectivity index (χ4n) is 1.91. The molecule has 4 heteroatoms. The molecule has 3 nitrogen and oxygen atoms in total. The second kappa shape index (κ2) is 5.18. The molecule has 0 aliphatic rings. The fourth-order valence-corrected chi connectivity index (χ4v) is 2.95. The third kappa shape index (κ3) is 2.61. The van der Waals surface area contributed by atoms with Crippen molar-refractivity contribution in [3.8, 4) is 0 Å². The van der Waals surface area contributed by atoms with Crippen molar-refractivity contribution in [1.29, 1.82) is 0 Å². The summed E-state index contributed by atoms with van der Waals surface area (Å²) >= 11 is 1.62. The number of rotatable bonds is 4. The van der Waals surface area contributed by atoms with Crippen molar-refractivity contribution in [2.75, 3.05) is 6.54 Å². The van der Waals surface area contributed by atoms with Crippen LogP contribution in [-0.4, -0.2) is 16.6 Å². The topological polar surface area (TPSA) is 59.1 Å². The predicted molar refractivity (Wildman–Crippen MR) is 74.7 cm³/mol. The van der Waals surface area contributed by atoms with Crippen LogP contribution in [0.5, 0.6) is 0 Å². The van der Waals surface area contributed by atoms with Crippen LogP contribution in [-0.2, 0) is 12.0 Å². The summed E-state index contributed by atoms with van der Waals surface area (Å²) in [6.45, 7) is 4.22. The number of hydrogen-bond donors (Lipinski definition) is 2. The Morgan fingerprint density at radius 2 is 1.94 bits per heavy atom. The molecule has 96 valence electrons. The van der Waals surface area contributed by atoms with Crippen LogP contribution in [0.1, 0.15) is 21.1 Å². The summed E-state index contributed by atoms with van der Waals surface area (Å²) in [5.41, 5.74) is 6.60. The summed E-state index contributed by atoms with van der Waals surface area (Å²) in [4.78, 5) is 5.66. The first-order chi connectivity index (χ1) is 8.55. The van der Waals surface area contributed by atoms with Crippen molar-refractivity contribution < 1.29 is 5.11 Å². The van der Waals surface area contributed by atoms with Crippen LogP contribution in [0.4, 0.5) is 0 Å². The molecule has 0 amide bonds. The van der Waals surface area contributed by atoms with Gasteiger partial charge in [-0.15, -0.1) is 11.3 Å². The Hall–Kier alpha value is -1.23. The Balaban J connectivity index is 2.28. The van der Waals surface area contributed by atoms with Gasteiger partial charge < -0.3 is 10.8 Å². The van der Waals surface area contributed by atoms with E-state index < -0.39 is 5.60 Å². The van der Waals surface area contributed by atoms with Crippen LogP contribution < -0.4 is 5.73 Å². The standard InChI is InChI=1S/C14H18N2OS/c1-10-11(2)18-13(16-10)8-14(17,9-15)12-6-4-3-5-7-12/h3-7,17H,8-9,15H2,1-2H3. The molecule has 1 unspecified atom stereocenters. The summed E-state index contributed by atoms with van der Waals surface area (Å²) in [6, 6.07) is 9.56. The molecule has 18 heavy (non-hydrogen) atoms. The molecule has 0 aliphatic heterocycles. The number of aryl methyl sites for hydroxylation is 2. The lowest BCUT2D eigenvalue weighted by Gasteiger charge is -2.26. The summed E-state index contributed by atoms with van der Waals surface area (Å²) < 4.78 is 0. The molecular formula is C14H18N2OS. The van der Waals surface area contributed by atoms with Crippen molar-refractivity contribution in [3.63, 3.8) is 0 Å². The molecule has 0 spiro atoms. The van der Waals surface area contributed by atoms with Crippen molar-refractivity contribution in [2.45, 2.75) is 25.9 Å². The van der Waals surface area contributed by atoms with Gasteiger partial charge in [0.15, 0.2) is 0 Å². The Kier molecular flexibility index (Phi) is 3.80. The molecule has 0 saturated carbocycles. The molecule has 0 aliphatic carbocycles. The quantitative estimate of drug-likeness (QED) is 0.887. The highest BCUT2D eigenvalue weighted by molar-refractivity contribution is 7.11. The highest BCUT2D eigenvalue weighted by Gasteiger charge is 2.29. The molecule has 0 radical (unpaired) electrons. The number of thiazole rings is 1. The number of benzene rings is 1. The maximum atomic E-state index is 10.7. The van der Waals surface area contributed by atoms with Gasteiger partial charge in [-0.1, -0.05) is 30.3 Å². The number of aliphatic hydroxyl groups is 1. The van der Waals surface area contributed by atoms with E-state index in [2.05, 4.69) is 4.98 Å². The van der Waals surface area contributed by atoms with Crippen LogP contribution in [0.2, 0.25) is 0 Å².